The van der Waals surface area contributed by atoms with Gasteiger partial charge < -0.3 is 10.1 Å². The van der Waals surface area contributed by atoms with Crippen LogP contribution in [0.25, 0.3) is 0 Å². The molecule has 0 aliphatic heterocycles. The second kappa shape index (κ2) is 6.61. The molecule has 1 rings (SSSR count). The highest BCUT2D eigenvalue weighted by molar-refractivity contribution is 4.84. The summed E-state index contributed by atoms with van der Waals surface area (Å²) in [6, 6.07) is 0.821. The van der Waals surface area contributed by atoms with E-state index < -0.39 is 0 Å². The topological polar surface area (TPSA) is 21.3 Å². The van der Waals surface area contributed by atoms with Gasteiger partial charge in [0, 0.05) is 19.3 Å². The SMILES string of the molecule is CCCOCCC(CNC1CC1)C(C)(C)C. The van der Waals surface area contributed by atoms with E-state index in [2.05, 4.69) is 33.0 Å². The Morgan fingerprint density at radius 2 is 1.94 bits per heavy atom. The Kier molecular flexibility index (Phi) is 5.77. The maximum absolute atomic E-state index is 5.60. The van der Waals surface area contributed by atoms with Crippen molar-refractivity contribution in [3.63, 3.8) is 0 Å². The van der Waals surface area contributed by atoms with Crippen LogP contribution in [0.5, 0.6) is 0 Å². The van der Waals surface area contributed by atoms with Gasteiger partial charge in [0.05, 0.1) is 0 Å². The summed E-state index contributed by atoms with van der Waals surface area (Å²) in [5.41, 5.74) is 0.386. The Morgan fingerprint density at radius 3 is 2.44 bits per heavy atom. The maximum atomic E-state index is 5.60. The first-order chi connectivity index (χ1) is 7.54. The molecule has 0 bridgehead atoms. The quantitative estimate of drug-likeness (QED) is 0.643. The Labute approximate surface area is 101 Å². The van der Waals surface area contributed by atoms with Crippen LogP contribution in [-0.2, 0) is 4.74 Å². The van der Waals surface area contributed by atoms with E-state index in [1.807, 2.05) is 0 Å². The number of rotatable bonds is 8. The monoisotopic (exact) mass is 227 g/mol. The van der Waals surface area contributed by atoms with Gasteiger partial charge in [-0.25, -0.2) is 0 Å². The lowest BCUT2D eigenvalue weighted by molar-refractivity contribution is 0.0967. The third-order valence-electron chi connectivity index (χ3n) is 3.41. The van der Waals surface area contributed by atoms with Gasteiger partial charge >= 0.3 is 0 Å². The molecule has 1 aliphatic carbocycles. The van der Waals surface area contributed by atoms with Gasteiger partial charge in [-0.2, -0.15) is 0 Å². The van der Waals surface area contributed by atoms with E-state index in [1.54, 1.807) is 0 Å². The molecule has 0 aromatic rings. The van der Waals surface area contributed by atoms with Crippen LogP contribution in [0, 0.1) is 11.3 Å². The second-order valence-electron chi connectivity index (χ2n) is 6.15. The lowest BCUT2D eigenvalue weighted by Gasteiger charge is -2.31. The lowest BCUT2D eigenvalue weighted by atomic mass is 9.79. The molecule has 1 atom stereocenters. The first kappa shape index (κ1) is 14.0. The normalized spacial score (nSPS) is 18.8. The molecule has 2 heteroatoms. The molecule has 0 aromatic heterocycles. The highest BCUT2D eigenvalue weighted by Crippen LogP contribution is 2.29. The molecule has 0 radical (unpaired) electrons. The van der Waals surface area contributed by atoms with E-state index in [9.17, 15) is 0 Å². The van der Waals surface area contributed by atoms with Crippen LogP contribution >= 0.6 is 0 Å². The summed E-state index contributed by atoms with van der Waals surface area (Å²) in [4.78, 5) is 0. The third kappa shape index (κ3) is 5.86. The van der Waals surface area contributed by atoms with Crippen molar-refractivity contribution in [2.24, 2.45) is 11.3 Å². The molecular weight excluding hydrogens is 198 g/mol. The predicted molar refractivity (Wildman–Crippen MR) is 69.7 cm³/mol. The minimum Gasteiger partial charge on any atom is -0.381 e. The molecule has 1 N–H and O–H groups in total. The lowest BCUT2D eigenvalue weighted by Crippen LogP contribution is -2.33. The first-order valence-electron chi connectivity index (χ1n) is 6.85. The molecule has 2 nitrogen and oxygen atoms in total. The largest absolute Gasteiger partial charge is 0.381 e. The van der Waals surface area contributed by atoms with E-state index in [4.69, 9.17) is 4.74 Å². The van der Waals surface area contributed by atoms with Crippen molar-refractivity contribution in [2.75, 3.05) is 19.8 Å². The molecule has 1 fully saturated rings. The number of ether oxygens (including phenoxy) is 1. The number of hydrogen-bond donors (Lipinski definition) is 1. The van der Waals surface area contributed by atoms with E-state index in [-0.39, 0.29) is 0 Å². The zero-order chi connectivity index (χ0) is 12.0. The average Bonchev–Trinajstić information content (AvgIpc) is 2.98. The molecule has 0 amide bonds. The van der Waals surface area contributed by atoms with Gasteiger partial charge in [0.15, 0.2) is 0 Å². The van der Waals surface area contributed by atoms with Gasteiger partial charge in [-0.15, -0.1) is 0 Å². The summed E-state index contributed by atoms with van der Waals surface area (Å²) in [5, 5.41) is 3.65. The van der Waals surface area contributed by atoms with Gasteiger partial charge in [0.25, 0.3) is 0 Å². The van der Waals surface area contributed by atoms with E-state index in [1.165, 1.54) is 19.3 Å². The summed E-state index contributed by atoms with van der Waals surface area (Å²) in [7, 11) is 0. The van der Waals surface area contributed by atoms with Crippen molar-refractivity contribution < 1.29 is 4.74 Å². The fourth-order valence-electron chi connectivity index (χ4n) is 1.91. The van der Waals surface area contributed by atoms with Crippen LogP contribution in [-0.4, -0.2) is 25.8 Å². The zero-order valence-electron chi connectivity index (χ0n) is 11.5. The van der Waals surface area contributed by atoms with Crippen molar-refractivity contribution in [2.45, 2.75) is 59.4 Å². The van der Waals surface area contributed by atoms with Crippen molar-refractivity contribution in [1.82, 2.24) is 5.32 Å². The van der Waals surface area contributed by atoms with E-state index in [0.29, 0.717) is 5.41 Å². The minimum atomic E-state index is 0.386. The van der Waals surface area contributed by atoms with Crippen LogP contribution in [0.4, 0.5) is 0 Å². The van der Waals surface area contributed by atoms with Crippen molar-refractivity contribution in [1.29, 1.82) is 0 Å². The smallest absolute Gasteiger partial charge is 0.0469 e. The predicted octanol–water partition coefficient (Wildman–Crippen LogP) is 3.22. The maximum Gasteiger partial charge on any atom is 0.0469 e. The Hall–Kier alpha value is -0.0800. The van der Waals surface area contributed by atoms with Crippen LogP contribution < -0.4 is 5.32 Å². The van der Waals surface area contributed by atoms with Crippen molar-refractivity contribution in [3.05, 3.63) is 0 Å². The first-order valence-corrected chi connectivity index (χ1v) is 6.85. The minimum absolute atomic E-state index is 0.386. The molecule has 96 valence electrons. The van der Waals surface area contributed by atoms with Crippen molar-refractivity contribution >= 4 is 0 Å². The molecule has 1 saturated carbocycles. The van der Waals surface area contributed by atoms with Crippen LogP contribution in [0.1, 0.15) is 53.4 Å². The molecule has 0 saturated heterocycles. The molecule has 0 spiro atoms. The number of nitrogens with one attached hydrogen (secondary N) is 1. The second-order valence-corrected chi connectivity index (χ2v) is 6.15. The summed E-state index contributed by atoms with van der Waals surface area (Å²) in [6.45, 7) is 12.2. The fraction of sp³-hybridized carbons (Fsp3) is 1.00. The zero-order valence-corrected chi connectivity index (χ0v) is 11.5. The molecule has 1 aliphatic rings. The van der Waals surface area contributed by atoms with Gasteiger partial charge in [-0.1, -0.05) is 27.7 Å². The Balaban J connectivity index is 2.19. The van der Waals surface area contributed by atoms with Gasteiger partial charge in [-0.3, -0.25) is 0 Å². The number of hydrogen-bond acceptors (Lipinski definition) is 2. The highest BCUT2D eigenvalue weighted by Gasteiger charge is 2.27. The van der Waals surface area contributed by atoms with Crippen LogP contribution in [0.15, 0.2) is 0 Å². The summed E-state index contributed by atoms with van der Waals surface area (Å²) >= 11 is 0. The summed E-state index contributed by atoms with van der Waals surface area (Å²) in [5.74, 6) is 0.727. The van der Waals surface area contributed by atoms with Gasteiger partial charge in [-0.05, 0) is 43.6 Å². The van der Waals surface area contributed by atoms with Gasteiger partial charge in [0.1, 0.15) is 0 Å². The van der Waals surface area contributed by atoms with Gasteiger partial charge in [0.2, 0.25) is 0 Å². The highest BCUT2D eigenvalue weighted by atomic mass is 16.5. The molecule has 0 heterocycles. The van der Waals surface area contributed by atoms with E-state index >= 15 is 0 Å². The third-order valence-corrected chi connectivity index (χ3v) is 3.41. The summed E-state index contributed by atoms with van der Waals surface area (Å²) < 4.78 is 5.60. The Morgan fingerprint density at radius 1 is 1.25 bits per heavy atom. The van der Waals surface area contributed by atoms with Crippen molar-refractivity contribution in [3.8, 4) is 0 Å². The molecule has 0 aromatic carbocycles. The van der Waals surface area contributed by atoms with E-state index in [0.717, 1.165) is 38.1 Å². The standard InChI is InChI=1S/C14H29NO/c1-5-9-16-10-8-12(14(2,3)4)11-15-13-6-7-13/h12-13,15H,5-11H2,1-4H3. The molecular formula is C14H29NO. The average molecular weight is 227 g/mol. The molecule has 1 unspecified atom stereocenters. The Bertz CT molecular complexity index is 182. The van der Waals surface area contributed by atoms with Crippen LogP contribution in [0.3, 0.4) is 0 Å². The molecule has 16 heavy (non-hydrogen) atoms. The van der Waals surface area contributed by atoms with Crippen LogP contribution in [0.2, 0.25) is 0 Å². The fourth-order valence-corrected chi connectivity index (χ4v) is 1.91. The summed E-state index contributed by atoms with van der Waals surface area (Å²) in [6.07, 6.45) is 5.07.